The van der Waals surface area contributed by atoms with Crippen molar-refractivity contribution >= 4 is 23.1 Å². The van der Waals surface area contributed by atoms with Gasteiger partial charge in [-0.1, -0.05) is 12.2 Å². The van der Waals surface area contributed by atoms with Crippen LogP contribution in [0.2, 0.25) is 0 Å². The predicted octanol–water partition coefficient (Wildman–Crippen LogP) is 1.57. The molecule has 5 heteroatoms. The molecule has 0 saturated heterocycles. The Morgan fingerprint density at radius 3 is 2.58 bits per heavy atom. The van der Waals surface area contributed by atoms with Crippen LogP contribution in [0.1, 0.15) is 18.4 Å². The molecule has 4 nitrogen and oxygen atoms in total. The van der Waals surface area contributed by atoms with E-state index < -0.39 is 0 Å². The molecule has 1 aromatic carbocycles. The van der Waals surface area contributed by atoms with Crippen LogP contribution in [0, 0.1) is 5.92 Å². The first-order valence-corrected chi connectivity index (χ1v) is 6.73. The smallest absolute Gasteiger partial charge is 0.260 e. The van der Waals surface area contributed by atoms with Gasteiger partial charge in [0.25, 0.3) is 5.91 Å². The maximum Gasteiger partial charge on any atom is 0.260 e. The van der Waals surface area contributed by atoms with Gasteiger partial charge in [-0.3, -0.25) is 4.79 Å². The van der Waals surface area contributed by atoms with E-state index in [2.05, 4.69) is 0 Å². The fraction of sp³-hybridized carbons (Fsp3) is 0.429. The van der Waals surface area contributed by atoms with Crippen LogP contribution in [0.15, 0.2) is 24.3 Å². The molecule has 1 saturated carbocycles. The Morgan fingerprint density at radius 2 is 2.05 bits per heavy atom. The fourth-order valence-corrected chi connectivity index (χ4v) is 1.90. The molecular weight excluding hydrogens is 260 g/mol. The molecule has 0 bridgehead atoms. The first kappa shape index (κ1) is 13.8. The highest BCUT2D eigenvalue weighted by Crippen LogP contribution is 2.29. The summed E-state index contributed by atoms with van der Waals surface area (Å²) in [6.45, 7) is 0.901. The van der Waals surface area contributed by atoms with Gasteiger partial charge >= 0.3 is 0 Å². The molecule has 1 amide bonds. The number of ether oxygens (including phenoxy) is 1. The lowest BCUT2D eigenvalue weighted by molar-refractivity contribution is -0.132. The molecule has 19 heavy (non-hydrogen) atoms. The summed E-state index contributed by atoms with van der Waals surface area (Å²) in [5.74, 6) is 1.34. The monoisotopic (exact) mass is 278 g/mol. The lowest BCUT2D eigenvalue weighted by atomic mass is 10.2. The number of likely N-dealkylation sites (N-methyl/N-ethyl adjacent to an activating group) is 1. The van der Waals surface area contributed by atoms with Gasteiger partial charge in [0.1, 0.15) is 10.7 Å². The number of thiocarbonyl (C=S) groups is 1. The Hall–Kier alpha value is -1.62. The molecular formula is C14H18N2O2S. The van der Waals surface area contributed by atoms with E-state index in [1.54, 1.807) is 29.2 Å². The van der Waals surface area contributed by atoms with Crippen LogP contribution in [0.5, 0.6) is 5.75 Å². The van der Waals surface area contributed by atoms with Gasteiger partial charge in [0.15, 0.2) is 6.61 Å². The van der Waals surface area contributed by atoms with Crippen molar-refractivity contribution in [1.82, 2.24) is 4.90 Å². The Kier molecular flexibility index (Phi) is 4.37. The molecule has 1 aliphatic rings. The SMILES string of the molecule is CN(CC1CC1)C(=O)COc1ccc(C(N)=S)cc1. The fourth-order valence-electron chi connectivity index (χ4n) is 1.76. The zero-order valence-corrected chi connectivity index (χ0v) is 11.8. The molecule has 0 atom stereocenters. The highest BCUT2D eigenvalue weighted by Gasteiger charge is 2.24. The number of nitrogens with zero attached hydrogens (tertiary/aromatic N) is 1. The first-order chi connectivity index (χ1) is 9.06. The first-order valence-electron chi connectivity index (χ1n) is 6.33. The lowest BCUT2D eigenvalue weighted by Gasteiger charge is -2.17. The van der Waals surface area contributed by atoms with Crippen molar-refractivity contribution in [2.45, 2.75) is 12.8 Å². The summed E-state index contributed by atoms with van der Waals surface area (Å²) in [6, 6.07) is 7.11. The number of hydrogen-bond donors (Lipinski definition) is 1. The summed E-state index contributed by atoms with van der Waals surface area (Å²) >= 11 is 4.87. The molecule has 0 aliphatic heterocycles. The Balaban J connectivity index is 1.80. The molecule has 0 unspecified atom stereocenters. The molecule has 1 fully saturated rings. The number of rotatable bonds is 6. The number of amides is 1. The van der Waals surface area contributed by atoms with Gasteiger partial charge in [-0.2, -0.15) is 0 Å². The van der Waals surface area contributed by atoms with Crippen LogP contribution in [0.25, 0.3) is 0 Å². The summed E-state index contributed by atoms with van der Waals surface area (Å²) in [7, 11) is 1.82. The van der Waals surface area contributed by atoms with Crippen molar-refractivity contribution in [2.24, 2.45) is 11.7 Å². The summed E-state index contributed by atoms with van der Waals surface area (Å²) in [4.78, 5) is 13.9. The molecule has 1 aromatic rings. The number of carbonyl (C=O) groups is 1. The highest BCUT2D eigenvalue weighted by atomic mass is 32.1. The zero-order valence-electron chi connectivity index (χ0n) is 11.0. The topological polar surface area (TPSA) is 55.6 Å². The van der Waals surface area contributed by atoms with Crippen molar-refractivity contribution in [3.05, 3.63) is 29.8 Å². The number of carbonyl (C=O) groups excluding carboxylic acids is 1. The third-order valence-electron chi connectivity index (χ3n) is 3.16. The van der Waals surface area contributed by atoms with Crippen LogP contribution >= 0.6 is 12.2 Å². The third kappa shape index (κ3) is 4.21. The van der Waals surface area contributed by atoms with Crippen LogP contribution in [-0.4, -0.2) is 36.0 Å². The predicted molar refractivity (Wildman–Crippen MR) is 78.2 cm³/mol. The van der Waals surface area contributed by atoms with Crippen molar-refractivity contribution in [1.29, 1.82) is 0 Å². The van der Waals surface area contributed by atoms with Crippen molar-refractivity contribution < 1.29 is 9.53 Å². The largest absolute Gasteiger partial charge is 0.484 e. The standard InChI is InChI=1S/C14H18N2O2S/c1-16(8-10-2-3-10)13(17)9-18-12-6-4-11(5-7-12)14(15)19/h4-7,10H,2-3,8-9H2,1H3,(H2,15,19). The van der Waals surface area contributed by atoms with Gasteiger partial charge in [-0.15, -0.1) is 0 Å². The van der Waals surface area contributed by atoms with Crippen LogP contribution in [-0.2, 0) is 4.79 Å². The Labute approximate surface area is 118 Å². The quantitative estimate of drug-likeness (QED) is 0.803. The second-order valence-corrected chi connectivity index (χ2v) is 5.33. The molecule has 2 N–H and O–H groups in total. The van der Waals surface area contributed by atoms with Crippen molar-refractivity contribution in [2.75, 3.05) is 20.2 Å². The van der Waals surface area contributed by atoms with E-state index in [4.69, 9.17) is 22.7 Å². The minimum absolute atomic E-state index is 0.00493. The molecule has 0 spiro atoms. The van der Waals surface area contributed by atoms with Gasteiger partial charge in [-0.25, -0.2) is 0 Å². The van der Waals surface area contributed by atoms with E-state index in [1.807, 2.05) is 7.05 Å². The van der Waals surface area contributed by atoms with E-state index in [1.165, 1.54) is 12.8 Å². The van der Waals surface area contributed by atoms with E-state index in [9.17, 15) is 4.79 Å². The van der Waals surface area contributed by atoms with E-state index in [-0.39, 0.29) is 12.5 Å². The summed E-state index contributed by atoms with van der Waals surface area (Å²) < 4.78 is 5.45. The average molecular weight is 278 g/mol. The van der Waals surface area contributed by atoms with E-state index >= 15 is 0 Å². The summed E-state index contributed by atoms with van der Waals surface area (Å²) in [5.41, 5.74) is 6.30. The molecule has 0 radical (unpaired) electrons. The van der Waals surface area contributed by atoms with Gasteiger partial charge in [0, 0.05) is 19.2 Å². The highest BCUT2D eigenvalue weighted by molar-refractivity contribution is 7.80. The third-order valence-corrected chi connectivity index (χ3v) is 3.39. The number of nitrogens with two attached hydrogens (primary N) is 1. The molecule has 102 valence electrons. The molecule has 0 heterocycles. The normalized spacial score (nSPS) is 13.9. The van der Waals surface area contributed by atoms with Gasteiger partial charge in [0.05, 0.1) is 0 Å². The minimum Gasteiger partial charge on any atom is -0.484 e. The van der Waals surface area contributed by atoms with Gasteiger partial charge in [-0.05, 0) is 43.0 Å². The average Bonchev–Trinajstić information content (AvgIpc) is 3.20. The maximum absolute atomic E-state index is 11.8. The second kappa shape index (κ2) is 6.02. The van der Waals surface area contributed by atoms with Crippen molar-refractivity contribution in [3.63, 3.8) is 0 Å². The molecule has 1 aliphatic carbocycles. The van der Waals surface area contributed by atoms with Gasteiger partial charge < -0.3 is 15.4 Å². The van der Waals surface area contributed by atoms with Crippen molar-refractivity contribution in [3.8, 4) is 5.75 Å². The van der Waals surface area contributed by atoms with Crippen LogP contribution in [0.4, 0.5) is 0 Å². The zero-order chi connectivity index (χ0) is 13.8. The molecule has 2 rings (SSSR count). The maximum atomic E-state index is 11.8. The summed E-state index contributed by atoms with van der Waals surface area (Å²) in [5, 5.41) is 0. The minimum atomic E-state index is 0.00493. The van der Waals surface area contributed by atoms with Crippen LogP contribution in [0.3, 0.4) is 0 Å². The Bertz CT molecular complexity index is 469. The van der Waals surface area contributed by atoms with Gasteiger partial charge in [0.2, 0.25) is 0 Å². The van der Waals surface area contributed by atoms with Crippen LogP contribution < -0.4 is 10.5 Å². The lowest BCUT2D eigenvalue weighted by Crippen LogP contribution is -2.32. The summed E-state index contributed by atoms with van der Waals surface area (Å²) in [6.07, 6.45) is 2.47. The van der Waals surface area contributed by atoms with E-state index in [0.29, 0.717) is 16.7 Å². The number of hydrogen-bond acceptors (Lipinski definition) is 3. The second-order valence-electron chi connectivity index (χ2n) is 4.89. The molecule has 0 aromatic heterocycles. The van der Waals surface area contributed by atoms with E-state index in [0.717, 1.165) is 12.1 Å². The Morgan fingerprint density at radius 1 is 1.42 bits per heavy atom. The number of benzene rings is 1.